The van der Waals surface area contributed by atoms with Gasteiger partial charge in [-0.15, -0.1) is 0 Å². The zero-order valence-electron chi connectivity index (χ0n) is 16.9. The number of amidine groups is 1. The molecule has 1 atom stereocenters. The highest BCUT2D eigenvalue weighted by Gasteiger charge is 2.26. The summed E-state index contributed by atoms with van der Waals surface area (Å²) < 4.78 is 36.0. The summed E-state index contributed by atoms with van der Waals surface area (Å²) in [4.78, 5) is 12.8. The summed E-state index contributed by atoms with van der Waals surface area (Å²) in [5.41, 5.74) is 8.27. The lowest BCUT2D eigenvalue weighted by Gasteiger charge is -2.20. The van der Waals surface area contributed by atoms with Crippen LogP contribution in [0, 0.1) is 12.3 Å². The minimum atomic E-state index is -4.28. The first-order chi connectivity index (χ1) is 14.6. The van der Waals surface area contributed by atoms with Gasteiger partial charge in [-0.2, -0.15) is 8.42 Å². The highest BCUT2D eigenvalue weighted by molar-refractivity contribution is 7.87. The molecule has 2 aromatic carbocycles. The van der Waals surface area contributed by atoms with Crippen molar-refractivity contribution in [3.63, 3.8) is 0 Å². The number of ether oxygens (including phenoxy) is 1. The zero-order chi connectivity index (χ0) is 22.8. The van der Waals surface area contributed by atoms with Gasteiger partial charge < -0.3 is 20.2 Å². The molecule has 1 aromatic heterocycles. The third-order valence-electron chi connectivity index (χ3n) is 4.50. The van der Waals surface area contributed by atoms with Gasteiger partial charge >= 0.3 is 0 Å². The normalized spacial score (nSPS) is 12.4. The van der Waals surface area contributed by atoms with Crippen LogP contribution < -0.4 is 25.6 Å². The maximum atomic E-state index is 12.8. The molecule has 0 aliphatic heterocycles. The first-order valence-electron chi connectivity index (χ1n) is 9.29. The Kier molecular flexibility index (Phi) is 6.18. The van der Waals surface area contributed by atoms with Gasteiger partial charge in [-0.25, -0.2) is 9.86 Å². The Morgan fingerprint density at radius 1 is 1.26 bits per heavy atom. The van der Waals surface area contributed by atoms with Crippen molar-refractivity contribution >= 4 is 38.6 Å². The van der Waals surface area contributed by atoms with Crippen LogP contribution in [-0.4, -0.2) is 26.8 Å². The number of carbonyl (C=O) groups is 1. The number of aryl methyl sites for hydroxylation is 1. The molecule has 11 heteroatoms. The number of furan rings is 1. The molecule has 0 radical (unpaired) electrons. The standard InChI is InChI=1S/C20H23N5O5S/c1-3-29-16-9-13(8-15-11(2)10-30-18(15)16)17(20(26)25-31(23,27)28)24-14-6-4-12(5-7-14)19(21)22/h4-10,17,24H,3H2,1-2H3,(H3,21,22)(H,25,26)(H2,23,27,28)/t17-/m1/s1. The maximum Gasteiger partial charge on any atom is 0.298 e. The first-order valence-corrected chi connectivity index (χ1v) is 10.8. The predicted molar refractivity (Wildman–Crippen MR) is 117 cm³/mol. The van der Waals surface area contributed by atoms with Crippen molar-refractivity contribution in [2.45, 2.75) is 19.9 Å². The number of anilines is 1. The van der Waals surface area contributed by atoms with E-state index in [1.54, 1.807) is 47.4 Å². The highest BCUT2D eigenvalue weighted by Crippen LogP contribution is 2.34. The number of nitrogens with one attached hydrogen (secondary N) is 3. The fraction of sp³-hybridized carbons (Fsp3) is 0.200. The lowest BCUT2D eigenvalue weighted by atomic mass is 10.0. The van der Waals surface area contributed by atoms with Gasteiger partial charge in [0.15, 0.2) is 11.3 Å². The van der Waals surface area contributed by atoms with Crippen LogP contribution in [0.25, 0.3) is 11.0 Å². The number of benzene rings is 2. The van der Waals surface area contributed by atoms with Gasteiger partial charge in [-0.05, 0) is 61.4 Å². The fourth-order valence-electron chi connectivity index (χ4n) is 3.09. The van der Waals surface area contributed by atoms with Gasteiger partial charge in [0.1, 0.15) is 11.9 Å². The van der Waals surface area contributed by atoms with Crippen LogP contribution in [0.15, 0.2) is 47.1 Å². The molecule has 0 fully saturated rings. The van der Waals surface area contributed by atoms with E-state index in [1.165, 1.54) is 0 Å². The van der Waals surface area contributed by atoms with E-state index < -0.39 is 22.2 Å². The van der Waals surface area contributed by atoms with E-state index in [0.29, 0.717) is 34.8 Å². The van der Waals surface area contributed by atoms with Crippen LogP contribution in [0.3, 0.4) is 0 Å². The second-order valence-corrected chi connectivity index (χ2v) is 8.12. The van der Waals surface area contributed by atoms with E-state index >= 15 is 0 Å². The molecular formula is C20H23N5O5S. The van der Waals surface area contributed by atoms with Crippen molar-refractivity contribution in [2.24, 2.45) is 10.9 Å². The summed E-state index contributed by atoms with van der Waals surface area (Å²) in [5.74, 6) is -0.552. The molecule has 3 aromatic rings. The molecule has 0 aliphatic rings. The fourth-order valence-corrected chi connectivity index (χ4v) is 3.49. The quantitative estimate of drug-likeness (QED) is 0.260. The molecule has 3 rings (SSSR count). The summed E-state index contributed by atoms with van der Waals surface area (Å²) >= 11 is 0. The zero-order valence-corrected chi connectivity index (χ0v) is 17.7. The average Bonchev–Trinajstić information content (AvgIpc) is 3.06. The smallest absolute Gasteiger partial charge is 0.298 e. The molecule has 0 aliphatic carbocycles. The van der Waals surface area contributed by atoms with Crippen LogP contribution in [0.2, 0.25) is 0 Å². The summed E-state index contributed by atoms with van der Waals surface area (Å²) in [6, 6.07) is 8.67. The Morgan fingerprint density at radius 3 is 2.52 bits per heavy atom. The van der Waals surface area contributed by atoms with E-state index in [0.717, 1.165) is 10.9 Å². The summed E-state index contributed by atoms with van der Waals surface area (Å²) in [5, 5.41) is 16.2. The predicted octanol–water partition coefficient (Wildman–Crippen LogP) is 1.90. The van der Waals surface area contributed by atoms with E-state index in [4.69, 9.17) is 25.4 Å². The summed E-state index contributed by atoms with van der Waals surface area (Å²) in [7, 11) is -4.28. The Bertz CT molecular complexity index is 1230. The Morgan fingerprint density at radius 2 is 1.94 bits per heavy atom. The topological polar surface area (TPSA) is 174 Å². The Balaban J connectivity index is 2.08. The van der Waals surface area contributed by atoms with E-state index in [9.17, 15) is 13.2 Å². The van der Waals surface area contributed by atoms with Crippen LogP contribution in [0.4, 0.5) is 5.69 Å². The van der Waals surface area contributed by atoms with Gasteiger partial charge in [0.25, 0.3) is 16.1 Å². The van der Waals surface area contributed by atoms with Gasteiger partial charge in [-0.3, -0.25) is 10.2 Å². The van der Waals surface area contributed by atoms with Crippen LogP contribution >= 0.6 is 0 Å². The maximum absolute atomic E-state index is 12.8. The van der Waals surface area contributed by atoms with Crippen molar-refractivity contribution < 1.29 is 22.4 Å². The molecule has 10 nitrogen and oxygen atoms in total. The monoisotopic (exact) mass is 445 g/mol. The van der Waals surface area contributed by atoms with Crippen molar-refractivity contribution in [3.8, 4) is 5.75 Å². The molecule has 1 heterocycles. The molecule has 1 amide bonds. The molecule has 31 heavy (non-hydrogen) atoms. The number of hydrogen-bond donors (Lipinski definition) is 5. The van der Waals surface area contributed by atoms with Gasteiger partial charge in [0, 0.05) is 16.6 Å². The average molecular weight is 446 g/mol. The van der Waals surface area contributed by atoms with Crippen molar-refractivity contribution in [3.05, 3.63) is 59.4 Å². The van der Waals surface area contributed by atoms with E-state index in [2.05, 4.69) is 5.32 Å². The number of nitrogen functional groups attached to an aromatic ring is 1. The lowest BCUT2D eigenvalue weighted by Crippen LogP contribution is -2.41. The van der Waals surface area contributed by atoms with Crippen LogP contribution in [-0.2, 0) is 15.0 Å². The second kappa shape index (κ2) is 8.66. The third kappa shape index (κ3) is 5.13. The number of carbonyl (C=O) groups excluding carboxylic acids is 1. The summed E-state index contributed by atoms with van der Waals surface area (Å²) in [6.07, 6.45) is 1.57. The van der Waals surface area contributed by atoms with Gasteiger partial charge in [0.05, 0.1) is 12.9 Å². The number of fused-ring (bicyclic) bond motifs is 1. The molecule has 0 saturated heterocycles. The van der Waals surface area contributed by atoms with Crippen LogP contribution in [0.5, 0.6) is 5.75 Å². The Hall–Kier alpha value is -3.57. The summed E-state index contributed by atoms with van der Waals surface area (Å²) in [6.45, 7) is 4.03. The third-order valence-corrected chi connectivity index (χ3v) is 4.99. The lowest BCUT2D eigenvalue weighted by molar-refractivity contribution is -0.120. The van der Waals surface area contributed by atoms with Crippen molar-refractivity contribution in [2.75, 3.05) is 11.9 Å². The molecular weight excluding hydrogens is 422 g/mol. The minimum Gasteiger partial charge on any atom is -0.490 e. The highest BCUT2D eigenvalue weighted by atomic mass is 32.2. The Labute approximate surface area is 179 Å². The minimum absolute atomic E-state index is 0.0997. The largest absolute Gasteiger partial charge is 0.490 e. The van der Waals surface area contributed by atoms with Crippen molar-refractivity contribution in [1.82, 2.24) is 4.72 Å². The number of nitrogens with two attached hydrogens (primary N) is 2. The number of rotatable bonds is 8. The van der Waals surface area contributed by atoms with E-state index in [1.807, 2.05) is 13.8 Å². The van der Waals surface area contributed by atoms with Gasteiger partial charge in [-0.1, -0.05) is 0 Å². The molecule has 164 valence electrons. The molecule has 0 spiro atoms. The van der Waals surface area contributed by atoms with Crippen LogP contribution in [0.1, 0.15) is 29.7 Å². The molecule has 0 unspecified atom stereocenters. The first kappa shape index (κ1) is 22.1. The molecule has 0 saturated carbocycles. The van der Waals surface area contributed by atoms with Crippen molar-refractivity contribution in [1.29, 1.82) is 5.41 Å². The SMILES string of the molecule is CCOc1cc([C@@H](Nc2ccc(C(=N)N)cc2)C(=O)NS(N)(=O)=O)cc2c(C)coc12. The van der Waals surface area contributed by atoms with E-state index in [-0.39, 0.29) is 5.84 Å². The number of hydrogen-bond acceptors (Lipinski definition) is 7. The number of amides is 1. The second-order valence-electron chi connectivity index (χ2n) is 6.83. The molecule has 7 N–H and O–H groups in total. The molecule has 0 bridgehead atoms. The van der Waals surface area contributed by atoms with Gasteiger partial charge in [0.2, 0.25) is 0 Å².